The van der Waals surface area contributed by atoms with Crippen molar-refractivity contribution < 1.29 is 32.8 Å². The Hall–Kier alpha value is -0.880. The lowest BCUT2D eigenvalue weighted by molar-refractivity contribution is -0.135. The molecule has 0 amide bonds. The summed E-state index contributed by atoms with van der Waals surface area (Å²) in [6.45, 7) is 4.38. The molecule has 31 heavy (non-hydrogen) atoms. The van der Waals surface area contributed by atoms with Gasteiger partial charge in [-0.2, -0.15) is 0 Å². The van der Waals surface area contributed by atoms with Crippen molar-refractivity contribution in [2.45, 2.75) is 103 Å². The molecule has 8 heteroatoms. The molecule has 2 rings (SSSR count). The molecule has 180 valence electrons. The van der Waals surface area contributed by atoms with E-state index in [1.54, 1.807) is 6.92 Å². The zero-order valence-corrected chi connectivity index (χ0v) is 20.2. The summed E-state index contributed by atoms with van der Waals surface area (Å²) >= 11 is 0. The average molecular weight is 461 g/mol. The topological polar surface area (TPSA) is 91.3 Å². The maximum Gasteiger partial charge on any atom is 0.529 e. The van der Waals surface area contributed by atoms with Crippen LogP contribution in [0.3, 0.4) is 0 Å². The first-order chi connectivity index (χ1) is 14.9. The molecule has 2 heterocycles. The Balaban J connectivity index is 1.44. The monoisotopic (exact) mass is 460 g/mol. The van der Waals surface area contributed by atoms with E-state index >= 15 is 0 Å². The van der Waals surface area contributed by atoms with Gasteiger partial charge < -0.3 is 14.4 Å². The minimum Gasteiger partial charge on any atom is -0.461 e. The Morgan fingerprint density at radius 3 is 2.26 bits per heavy atom. The number of allylic oxidation sites excluding steroid dienone is 1. The highest BCUT2D eigenvalue weighted by Gasteiger charge is 2.42. The van der Waals surface area contributed by atoms with Crippen molar-refractivity contribution in [1.82, 2.24) is 0 Å². The number of fused-ring (bicyclic) bond motifs is 1. The molecule has 0 aliphatic carbocycles. The number of carbonyl (C=O) groups is 1. The maximum atomic E-state index is 12.7. The number of aliphatic hydroxyl groups excluding tert-OH is 1. The smallest absolute Gasteiger partial charge is 0.461 e. The number of ether oxygens (including phenoxy) is 1. The number of phosphoric ester groups is 1. The van der Waals surface area contributed by atoms with Gasteiger partial charge in [-0.25, -0.2) is 9.36 Å². The number of rotatable bonds is 16. The van der Waals surface area contributed by atoms with Crippen molar-refractivity contribution in [3.05, 3.63) is 11.3 Å². The molecule has 1 fully saturated rings. The zero-order chi connectivity index (χ0) is 22.5. The first-order valence-corrected chi connectivity index (χ1v) is 13.6. The number of aliphatic hydroxyl groups is 1. The fraction of sp³-hybridized carbons (Fsp3) is 0.870. The molecular formula is C23H41O7P. The molecule has 0 aromatic carbocycles. The number of esters is 1. The fourth-order valence-electron chi connectivity index (χ4n) is 4.10. The highest BCUT2D eigenvalue weighted by Crippen LogP contribution is 2.54. The van der Waals surface area contributed by atoms with Crippen LogP contribution in [0.5, 0.6) is 0 Å². The lowest BCUT2D eigenvalue weighted by Gasteiger charge is -2.17. The van der Waals surface area contributed by atoms with Crippen molar-refractivity contribution >= 4 is 13.8 Å². The summed E-state index contributed by atoms with van der Waals surface area (Å²) in [5.41, 5.74) is 0.412. The largest absolute Gasteiger partial charge is 0.529 e. The molecule has 0 aromatic heterocycles. The number of cyclic esters (lactones) is 1. The van der Waals surface area contributed by atoms with Crippen molar-refractivity contribution in [2.24, 2.45) is 5.92 Å². The minimum atomic E-state index is -3.67. The van der Waals surface area contributed by atoms with Crippen LogP contribution in [0, 0.1) is 5.92 Å². The molecule has 0 spiro atoms. The third-order valence-corrected chi connectivity index (χ3v) is 7.37. The van der Waals surface area contributed by atoms with Gasteiger partial charge in [-0.05, 0) is 26.2 Å². The second kappa shape index (κ2) is 14.3. The molecule has 0 radical (unpaired) electrons. The predicted molar refractivity (Wildman–Crippen MR) is 119 cm³/mol. The Bertz CT molecular complexity index is 619. The van der Waals surface area contributed by atoms with Crippen LogP contribution in [-0.2, 0) is 27.7 Å². The van der Waals surface area contributed by atoms with Crippen molar-refractivity contribution in [3.8, 4) is 0 Å². The molecule has 2 aliphatic heterocycles. The van der Waals surface area contributed by atoms with Gasteiger partial charge in [-0.15, -0.1) is 0 Å². The lowest BCUT2D eigenvalue weighted by Crippen LogP contribution is -2.10. The molecular weight excluding hydrogens is 419 g/mol. The Labute approximate surface area is 187 Å². The number of phosphoric acid groups is 1. The normalized spacial score (nSPS) is 24.5. The van der Waals surface area contributed by atoms with Crippen molar-refractivity contribution in [3.63, 3.8) is 0 Å². The van der Waals surface area contributed by atoms with Gasteiger partial charge in [0.15, 0.2) is 0 Å². The predicted octanol–water partition coefficient (Wildman–Crippen LogP) is 6.06. The van der Waals surface area contributed by atoms with Gasteiger partial charge in [-0.3, -0.25) is 9.05 Å². The van der Waals surface area contributed by atoms with Gasteiger partial charge in [0, 0.05) is 0 Å². The van der Waals surface area contributed by atoms with E-state index in [-0.39, 0.29) is 31.0 Å². The van der Waals surface area contributed by atoms with E-state index in [4.69, 9.17) is 18.3 Å². The van der Waals surface area contributed by atoms with Gasteiger partial charge >= 0.3 is 13.8 Å². The first-order valence-electron chi connectivity index (χ1n) is 12.1. The van der Waals surface area contributed by atoms with Crippen LogP contribution < -0.4 is 0 Å². The third kappa shape index (κ3) is 9.65. The van der Waals surface area contributed by atoms with Crippen LogP contribution >= 0.6 is 7.82 Å². The molecule has 1 N–H and O–H groups in total. The van der Waals surface area contributed by atoms with E-state index in [0.717, 1.165) is 44.9 Å². The van der Waals surface area contributed by atoms with E-state index in [0.29, 0.717) is 12.2 Å². The number of hydrogen-bond acceptors (Lipinski definition) is 7. The van der Waals surface area contributed by atoms with Crippen LogP contribution in [-0.4, -0.2) is 37.0 Å². The second-order valence-corrected chi connectivity index (χ2v) is 10.3. The molecule has 3 unspecified atom stereocenters. The number of hydrogen-bond donors (Lipinski definition) is 1. The summed E-state index contributed by atoms with van der Waals surface area (Å²) in [4.78, 5) is 11.7. The summed E-state index contributed by atoms with van der Waals surface area (Å²) in [5, 5.41) is 9.71. The van der Waals surface area contributed by atoms with Crippen molar-refractivity contribution in [1.29, 1.82) is 0 Å². The van der Waals surface area contributed by atoms with Gasteiger partial charge in [0.1, 0.15) is 12.4 Å². The van der Waals surface area contributed by atoms with Gasteiger partial charge in [0.05, 0.1) is 30.8 Å². The summed E-state index contributed by atoms with van der Waals surface area (Å²) in [5.74, 6) is -0.379. The van der Waals surface area contributed by atoms with Gasteiger partial charge in [0.25, 0.3) is 0 Å². The second-order valence-electron chi connectivity index (χ2n) is 8.70. The van der Waals surface area contributed by atoms with E-state index in [2.05, 4.69) is 6.92 Å². The fourth-order valence-corrected chi connectivity index (χ4v) is 5.43. The molecule has 3 atom stereocenters. The Morgan fingerprint density at radius 2 is 1.61 bits per heavy atom. The molecule has 2 aliphatic rings. The third-order valence-electron chi connectivity index (χ3n) is 5.91. The quantitative estimate of drug-likeness (QED) is 0.170. The highest BCUT2D eigenvalue weighted by molar-refractivity contribution is 7.48. The SMILES string of the molecule is CCCC(O)CCCCCCCCCCCCOP1(=O)OCC2COC(=O)C2=C(C)O1. The first kappa shape index (κ1) is 26.4. The summed E-state index contributed by atoms with van der Waals surface area (Å²) in [7, 11) is -3.67. The van der Waals surface area contributed by atoms with E-state index in [9.17, 15) is 14.5 Å². The molecule has 0 bridgehead atoms. The Kier molecular flexibility index (Phi) is 12.2. The lowest BCUT2D eigenvalue weighted by atomic mass is 10.0. The van der Waals surface area contributed by atoms with E-state index in [1.165, 1.54) is 38.5 Å². The van der Waals surface area contributed by atoms with E-state index in [1.807, 2.05) is 0 Å². The molecule has 7 nitrogen and oxygen atoms in total. The van der Waals surface area contributed by atoms with Gasteiger partial charge in [0.2, 0.25) is 0 Å². The summed E-state index contributed by atoms with van der Waals surface area (Å²) in [6, 6.07) is 0. The van der Waals surface area contributed by atoms with Crippen LogP contribution in [0.4, 0.5) is 0 Å². The number of unbranched alkanes of at least 4 members (excludes halogenated alkanes) is 9. The van der Waals surface area contributed by atoms with Crippen LogP contribution in [0.2, 0.25) is 0 Å². The molecule has 1 saturated heterocycles. The van der Waals surface area contributed by atoms with E-state index < -0.39 is 13.8 Å². The minimum absolute atomic E-state index is 0.104. The standard InChI is InChI=1S/C23H41O7P/c1-3-14-21(24)15-12-10-8-6-4-5-7-9-11-13-16-28-31(26)29-18-20-17-27-23(25)22(20)19(2)30-31/h20-21,24H,3-18H2,1-2H3. The number of carbonyl (C=O) groups excluding carboxylic acids is 1. The molecule has 0 aromatic rings. The maximum absolute atomic E-state index is 12.7. The van der Waals surface area contributed by atoms with Crippen LogP contribution in [0.15, 0.2) is 11.3 Å². The molecule has 0 saturated carbocycles. The van der Waals surface area contributed by atoms with Crippen LogP contribution in [0.25, 0.3) is 0 Å². The van der Waals surface area contributed by atoms with Crippen LogP contribution in [0.1, 0.15) is 97.3 Å². The van der Waals surface area contributed by atoms with Crippen molar-refractivity contribution in [2.75, 3.05) is 19.8 Å². The summed E-state index contributed by atoms with van der Waals surface area (Å²) in [6.07, 6.45) is 14.4. The van der Waals surface area contributed by atoms with Gasteiger partial charge in [-0.1, -0.05) is 71.1 Å². The Morgan fingerprint density at radius 1 is 1.00 bits per heavy atom. The zero-order valence-electron chi connectivity index (χ0n) is 19.3. The average Bonchev–Trinajstić information content (AvgIpc) is 3.04. The summed E-state index contributed by atoms with van der Waals surface area (Å²) < 4.78 is 33.9. The highest BCUT2D eigenvalue weighted by atomic mass is 31.2.